The van der Waals surface area contributed by atoms with Crippen molar-refractivity contribution in [3.05, 3.63) is 71.3 Å². The number of carbonyl (C=O) groups excluding carboxylic acids is 2. The van der Waals surface area contributed by atoms with E-state index in [-0.39, 0.29) is 30.9 Å². The number of carbonyl (C=O) groups is 2. The van der Waals surface area contributed by atoms with Gasteiger partial charge >= 0.3 is 0 Å². The number of aliphatic hydroxyl groups is 1. The molecule has 0 unspecified atom stereocenters. The van der Waals surface area contributed by atoms with Gasteiger partial charge in [0.15, 0.2) is 5.78 Å². The van der Waals surface area contributed by atoms with Gasteiger partial charge in [-0.25, -0.2) is 9.37 Å². The van der Waals surface area contributed by atoms with E-state index < -0.39 is 22.7 Å². The Morgan fingerprint density at radius 2 is 1.90 bits per heavy atom. The Bertz CT molecular complexity index is 1630. The molecule has 0 saturated carbocycles. The Hall–Kier alpha value is -4.44. The first-order valence-corrected chi connectivity index (χ1v) is 12.7. The minimum absolute atomic E-state index is 0.00621. The zero-order valence-electron chi connectivity index (χ0n) is 22.6. The van der Waals surface area contributed by atoms with Crippen LogP contribution in [0.25, 0.3) is 22.2 Å². The Labute approximate surface area is 230 Å². The highest BCUT2D eigenvalue weighted by atomic mass is 19.1. The summed E-state index contributed by atoms with van der Waals surface area (Å²) in [6, 6.07) is 12.5. The molecule has 0 bridgehead atoms. The van der Waals surface area contributed by atoms with E-state index in [1.807, 2.05) is 0 Å². The summed E-state index contributed by atoms with van der Waals surface area (Å²) in [7, 11) is 3.09. The van der Waals surface area contributed by atoms with E-state index in [9.17, 15) is 19.1 Å². The summed E-state index contributed by atoms with van der Waals surface area (Å²) in [5, 5.41) is 12.3. The molecule has 10 heteroatoms. The summed E-state index contributed by atoms with van der Waals surface area (Å²) in [4.78, 5) is 33.4. The van der Waals surface area contributed by atoms with Gasteiger partial charge in [0, 0.05) is 35.1 Å². The molecular weight excluding hydrogens is 517 g/mol. The topological polar surface area (TPSA) is 137 Å². The van der Waals surface area contributed by atoms with Gasteiger partial charge in [0.2, 0.25) is 5.91 Å². The number of halogens is 1. The van der Waals surface area contributed by atoms with Crippen LogP contribution < -0.4 is 19.9 Å². The molecule has 2 atom stereocenters. The maximum Gasteiger partial charge on any atom is 0.231 e. The number of rotatable bonds is 9. The molecule has 0 aliphatic carbocycles. The fourth-order valence-electron chi connectivity index (χ4n) is 4.90. The Morgan fingerprint density at radius 1 is 1.18 bits per heavy atom. The zero-order chi connectivity index (χ0) is 28.8. The molecule has 1 aliphatic rings. The second kappa shape index (κ2) is 9.95. The van der Waals surface area contributed by atoms with Crippen molar-refractivity contribution in [3.63, 3.8) is 0 Å². The maximum absolute atomic E-state index is 13.6. The largest absolute Gasteiger partial charge is 0.497 e. The van der Waals surface area contributed by atoms with Gasteiger partial charge in [-0.05, 0) is 56.7 Å². The molecule has 0 radical (unpaired) electrons. The fraction of sp³-hybridized carbons (Fsp3) is 0.300. The Kier molecular flexibility index (Phi) is 6.75. The number of amides is 1. The van der Waals surface area contributed by atoms with E-state index in [2.05, 4.69) is 9.97 Å². The predicted octanol–water partition coefficient (Wildman–Crippen LogP) is 4.39. The lowest BCUT2D eigenvalue weighted by Gasteiger charge is -2.25. The minimum atomic E-state index is -1.56. The van der Waals surface area contributed by atoms with Crippen LogP contribution in [0.2, 0.25) is 0 Å². The SMILES string of the molecule is COc1cc(OC)c2cc(C(=O)CC[C@](C)(O)c3cc4c(c(-c5ccc(F)cc5)n3)OC[C@]4(C)C(N)=O)[nH]c2c1. The van der Waals surface area contributed by atoms with Crippen LogP contribution in [0.1, 0.15) is 48.4 Å². The number of nitrogens with two attached hydrogens (primary N) is 1. The van der Waals surface area contributed by atoms with Gasteiger partial charge in [-0.3, -0.25) is 9.59 Å². The van der Waals surface area contributed by atoms with Crippen molar-refractivity contribution in [2.45, 2.75) is 37.7 Å². The van der Waals surface area contributed by atoms with Crippen LogP contribution in [0.3, 0.4) is 0 Å². The minimum Gasteiger partial charge on any atom is -0.497 e. The summed E-state index contributed by atoms with van der Waals surface area (Å²) in [6.45, 7) is 3.23. The molecule has 1 aliphatic heterocycles. The average molecular weight is 548 g/mol. The van der Waals surface area contributed by atoms with Gasteiger partial charge in [-0.15, -0.1) is 0 Å². The average Bonchev–Trinajstić information content (AvgIpc) is 3.53. The summed E-state index contributed by atoms with van der Waals surface area (Å²) in [5.74, 6) is 0.271. The number of nitrogens with one attached hydrogen (secondary N) is 1. The highest BCUT2D eigenvalue weighted by Gasteiger charge is 2.45. The number of aromatic nitrogens is 2. The molecule has 9 nitrogen and oxygen atoms in total. The quantitative estimate of drug-likeness (QED) is 0.264. The van der Waals surface area contributed by atoms with Gasteiger partial charge in [-0.1, -0.05) is 0 Å². The van der Waals surface area contributed by atoms with E-state index in [0.29, 0.717) is 45.3 Å². The van der Waals surface area contributed by atoms with Crippen molar-refractivity contribution in [2.75, 3.05) is 20.8 Å². The van der Waals surface area contributed by atoms with E-state index >= 15 is 0 Å². The number of primary amides is 1. The van der Waals surface area contributed by atoms with Crippen molar-refractivity contribution in [3.8, 4) is 28.5 Å². The van der Waals surface area contributed by atoms with Gasteiger partial charge < -0.3 is 30.0 Å². The van der Waals surface area contributed by atoms with Crippen molar-refractivity contribution >= 4 is 22.6 Å². The van der Waals surface area contributed by atoms with E-state index in [0.717, 1.165) is 5.39 Å². The molecule has 4 aromatic rings. The molecule has 5 rings (SSSR count). The number of pyridine rings is 1. The van der Waals surface area contributed by atoms with Crippen molar-refractivity contribution in [1.29, 1.82) is 0 Å². The normalized spacial score (nSPS) is 17.6. The summed E-state index contributed by atoms with van der Waals surface area (Å²) >= 11 is 0. The highest BCUT2D eigenvalue weighted by Crippen LogP contribution is 2.46. The van der Waals surface area contributed by atoms with Crippen LogP contribution in [0.5, 0.6) is 17.2 Å². The second-order valence-corrected chi connectivity index (χ2v) is 10.4. The Balaban J connectivity index is 1.48. The second-order valence-electron chi connectivity index (χ2n) is 10.4. The smallest absolute Gasteiger partial charge is 0.231 e. The number of hydrogen-bond donors (Lipinski definition) is 3. The van der Waals surface area contributed by atoms with Gasteiger partial charge in [0.05, 0.1) is 31.1 Å². The number of ether oxygens (including phenoxy) is 3. The lowest BCUT2D eigenvalue weighted by Crippen LogP contribution is -2.40. The van der Waals surface area contributed by atoms with E-state index in [1.165, 1.54) is 19.2 Å². The van der Waals surface area contributed by atoms with Crippen molar-refractivity contribution in [2.24, 2.45) is 5.73 Å². The van der Waals surface area contributed by atoms with Gasteiger partial charge in [0.25, 0.3) is 0 Å². The van der Waals surface area contributed by atoms with Crippen LogP contribution in [0, 0.1) is 5.82 Å². The van der Waals surface area contributed by atoms with Crippen molar-refractivity contribution in [1.82, 2.24) is 9.97 Å². The van der Waals surface area contributed by atoms with E-state index in [4.69, 9.17) is 19.9 Å². The van der Waals surface area contributed by atoms with Gasteiger partial charge in [-0.2, -0.15) is 0 Å². The third-order valence-corrected chi connectivity index (χ3v) is 7.55. The highest BCUT2D eigenvalue weighted by molar-refractivity contribution is 6.01. The number of hydrogen-bond acceptors (Lipinski definition) is 7. The first kappa shape index (κ1) is 27.1. The molecular formula is C30H30FN3O6. The van der Waals surface area contributed by atoms with Crippen LogP contribution in [-0.4, -0.2) is 47.6 Å². The number of fused-ring (bicyclic) bond motifs is 2. The maximum atomic E-state index is 13.6. The molecule has 0 saturated heterocycles. The van der Waals surface area contributed by atoms with Crippen LogP contribution in [-0.2, 0) is 15.8 Å². The number of H-pyrrole nitrogens is 1. The summed E-state index contributed by atoms with van der Waals surface area (Å²) < 4.78 is 30.2. The number of benzene rings is 2. The van der Waals surface area contributed by atoms with Crippen LogP contribution >= 0.6 is 0 Å². The molecule has 2 aromatic heterocycles. The summed E-state index contributed by atoms with van der Waals surface area (Å²) in [6.07, 6.45) is 0.0257. The third kappa shape index (κ3) is 4.64. The fourth-order valence-corrected chi connectivity index (χ4v) is 4.90. The molecule has 3 heterocycles. The molecule has 208 valence electrons. The number of Topliss-reactive ketones (excluding diaryl/α,β-unsaturated/α-hetero) is 1. The number of methoxy groups -OCH3 is 2. The van der Waals surface area contributed by atoms with Gasteiger partial charge in [0.1, 0.15) is 46.4 Å². The molecule has 0 fully saturated rings. The number of aromatic amines is 1. The monoisotopic (exact) mass is 547 g/mol. The van der Waals surface area contributed by atoms with Crippen LogP contribution in [0.4, 0.5) is 4.39 Å². The molecule has 0 spiro atoms. The third-order valence-electron chi connectivity index (χ3n) is 7.55. The number of ketones is 1. The molecule has 1 amide bonds. The molecule has 4 N–H and O–H groups in total. The van der Waals surface area contributed by atoms with Crippen molar-refractivity contribution < 1.29 is 33.3 Å². The first-order valence-electron chi connectivity index (χ1n) is 12.7. The summed E-state index contributed by atoms with van der Waals surface area (Å²) in [5.41, 5.74) is 5.67. The van der Waals surface area contributed by atoms with E-state index in [1.54, 1.807) is 57.4 Å². The predicted molar refractivity (Wildman–Crippen MR) is 146 cm³/mol. The first-order chi connectivity index (χ1) is 19.0. The van der Waals surface area contributed by atoms with Crippen LogP contribution in [0.15, 0.2) is 48.5 Å². The lowest BCUT2D eigenvalue weighted by atomic mass is 9.81. The molecule has 40 heavy (non-hydrogen) atoms. The Morgan fingerprint density at radius 3 is 2.55 bits per heavy atom. The zero-order valence-corrected chi connectivity index (χ0v) is 22.6. The number of nitrogens with zero attached hydrogens (tertiary/aromatic N) is 1. The standard InChI is InChI=1S/C30H30FN3O6/c1-29(28(32)36)15-40-27-20(29)14-25(34-26(27)16-5-7-17(31)8-6-16)30(2,37)10-9-23(35)22-13-19-21(33-22)11-18(38-3)12-24(19)39-4/h5-8,11-14,33,37H,9-10,15H2,1-4H3,(H2,32,36)/t29-,30-/m0/s1. The molecule has 2 aromatic carbocycles. The lowest BCUT2D eigenvalue weighted by molar-refractivity contribution is -0.123.